The molecular formula is C19H13F2NO2. The minimum atomic E-state index is -0.939. The molecule has 0 saturated heterocycles. The van der Waals surface area contributed by atoms with Crippen LogP contribution in [0.2, 0.25) is 0 Å². The molecule has 0 radical (unpaired) electrons. The Labute approximate surface area is 137 Å². The number of rotatable bonds is 4. The first-order chi connectivity index (χ1) is 11.6. The summed E-state index contributed by atoms with van der Waals surface area (Å²) < 4.78 is 28.4. The Morgan fingerprint density at radius 1 is 0.875 bits per heavy atom. The van der Waals surface area contributed by atoms with Gasteiger partial charge in [-0.2, -0.15) is 0 Å². The molecule has 0 fully saturated rings. The highest BCUT2D eigenvalue weighted by atomic mass is 19.1. The van der Waals surface area contributed by atoms with Crippen molar-refractivity contribution in [3.8, 4) is 0 Å². The smallest absolute Gasteiger partial charge is 0.267 e. The van der Waals surface area contributed by atoms with Gasteiger partial charge in [0.05, 0.1) is 0 Å². The van der Waals surface area contributed by atoms with Gasteiger partial charge in [-0.25, -0.2) is 8.78 Å². The van der Waals surface area contributed by atoms with Crippen molar-refractivity contribution in [2.75, 3.05) is 0 Å². The van der Waals surface area contributed by atoms with Gasteiger partial charge >= 0.3 is 0 Å². The van der Waals surface area contributed by atoms with Crippen LogP contribution in [0.4, 0.5) is 8.78 Å². The van der Waals surface area contributed by atoms with E-state index in [0.29, 0.717) is 5.56 Å². The van der Waals surface area contributed by atoms with E-state index in [0.717, 1.165) is 22.3 Å². The van der Waals surface area contributed by atoms with Crippen molar-refractivity contribution in [3.63, 3.8) is 0 Å². The average Bonchev–Trinajstić information content (AvgIpc) is 3.05. The number of hydrogen-bond acceptors (Lipinski definition) is 2. The third-order valence-corrected chi connectivity index (χ3v) is 3.63. The van der Waals surface area contributed by atoms with Crippen molar-refractivity contribution in [2.45, 2.75) is 6.42 Å². The molecule has 1 heterocycles. The second-order valence-corrected chi connectivity index (χ2v) is 5.29. The Kier molecular flexibility index (Phi) is 4.33. The zero-order valence-electron chi connectivity index (χ0n) is 12.6. The van der Waals surface area contributed by atoms with Crippen molar-refractivity contribution in [3.05, 3.63) is 95.3 Å². The summed E-state index contributed by atoms with van der Waals surface area (Å²) in [5.74, 6) is -2.91. The van der Waals surface area contributed by atoms with Gasteiger partial charge in [0.15, 0.2) is 5.78 Å². The largest absolute Gasteiger partial charge is 0.294 e. The Balaban J connectivity index is 1.83. The molecule has 3 rings (SSSR count). The van der Waals surface area contributed by atoms with Crippen LogP contribution in [0.3, 0.4) is 0 Å². The first kappa shape index (κ1) is 15.8. The minimum Gasteiger partial charge on any atom is -0.294 e. The zero-order valence-corrected chi connectivity index (χ0v) is 12.6. The molecule has 3 aromatic rings. The van der Waals surface area contributed by atoms with Gasteiger partial charge in [0.2, 0.25) is 0 Å². The molecule has 3 nitrogen and oxygen atoms in total. The molecule has 0 aliphatic rings. The molecule has 0 unspecified atom stereocenters. The summed E-state index contributed by atoms with van der Waals surface area (Å²) >= 11 is 0. The average molecular weight is 325 g/mol. The molecule has 0 atom stereocenters. The fourth-order valence-corrected chi connectivity index (χ4v) is 2.40. The van der Waals surface area contributed by atoms with Crippen LogP contribution in [0.5, 0.6) is 0 Å². The summed E-state index contributed by atoms with van der Waals surface area (Å²) in [6, 6.07) is 13.8. The van der Waals surface area contributed by atoms with Gasteiger partial charge in [-0.1, -0.05) is 36.4 Å². The molecule has 0 N–H and O–H groups in total. The van der Waals surface area contributed by atoms with E-state index in [1.54, 1.807) is 0 Å². The van der Waals surface area contributed by atoms with Gasteiger partial charge in [-0.3, -0.25) is 14.2 Å². The molecule has 5 heteroatoms. The van der Waals surface area contributed by atoms with Crippen LogP contribution < -0.4 is 0 Å². The van der Waals surface area contributed by atoms with Crippen LogP contribution in [-0.2, 0) is 6.42 Å². The van der Waals surface area contributed by atoms with Gasteiger partial charge in [-0.05, 0) is 23.8 Å². The van der Waals surface area contributed by atoms with E-state index < -0.39 is 23.1 Å². The normalized spacial score (nSPS) is 10.6. The Morgan fingerprint density at radius 3 is 2.21 bits per heavy atom. The topological polar surface area (TPSA) is 39.1 Å². The third kappa shape index (κ3) is 3.15. The number of halogens is 2. The Morgan fingerprint density at radius 2 is 1.54 bits per heavy atom. The summed E-state index contributed by atoms with van der Waals surface area (Å²) in [5, 5.41) is 0. The van der Waals surface area contributed by atoms with Gasteiger partial charge in [-0.15, -0.1) is 0 Å². The molecule has 0 spiro atoms. The standard InChI is InChI=1S/C19H13F2NO2/c20-15-7-4-8-16(21)18(15)19(24)22-10-9-14(12-22)17(23)11-13-5-2-1-3-6-13/h1-10,12H,11H2. The fourth-order valence-electron chi connectivity index (χ4n) is 2.40. The minimum absolute atomic E-state index is 0.179. The predicted molar refractivity (Wildman–Crippen MR) is 85.0 cm³/mol. The van der Waals surface area contributed by atoms with Crippen LogP contribution in [0, 0.1) is 11.6 Å². The van der Waals surface area contributed by atoms with E-state index in [-0.39, 0.29) is 12.2 Å². The number of carbonyl (C=O) groups excluding carboxylic acids is 2. The van der Waals surface area contributed by atoms with E-state index in [2.05, 4.69) is 0 Å². The van der Waals surface area contributed by atoms with Crippen LogP contribution in [0.1, 0.15) is 26.3 Å². The molecule has 2 aromatic carbocycles. The van der Waals surface area contributed by atoms with Gasteiger partial charge < -0.3 is 0 Å². The van der Waals surface area contributed by atoms with Crippen molar-refractivity contribution in [1.82, 2.24) is 4.57 Å². The third-order valence-electron chi connectivity index (χ3n) is 3.63. The molecule has 120 valence electrons. The summed E-state index contributed by atoms with van der Waals surface area (Å²) in [4.78, 5) is 24.5. The molecule has 0 bridgehead atoms. The van der Waals surface area contributed by atoms with Crippen molar-refractivity contribution < 1.29 is 18.4 Å². The lowest BCUT2D eigenvalue weighted by atomic mass is 10.1. The first-order valence-electron chi connectivity index (χ1n) is 7.30. The quantitative estimate of drug-likeness (QED) is 0.683. The highest BCUT2D eigenvalue weighted by molar-refractivity contribution is 6.00. The molecule has 0 amide bonds. The zero-order chi connectivity index (χ0) is 17.1. The van der Waals surface area contributed by atoms with Crippen LogP contribution in [-0.4, -0.2) is 16.3 Å². The van der Waals surface area contributed by atoms with Crippen LogP contribution in [0.25, 0.3) is 0 Å². The van der Waals surface area contributed by atoms with Crippen LogP contribution >= 0.6 is 0 Å². The number of carbonyl (C=O) groups is 2. The molecule has 0 aliphatic heterocycles. The van der Waals surface area contributed by atoms with Crippen molar-refractivity contribution in [2.24, 2.45) is 0 Å². The van der Waals surface area contributed by atoms with E-state index in [1.807, 2.05) is 30.3 Å². The van der Waals surface area contributed by atoms with Crippen molar-refractivity contribution in [1.29, 1.82) is 0 Å². The lowest BCUT2D eigenvalue weighted by Crippen LogP contribution is -2.14. The van der Waals surface area contributed by atoms with E-state index >= 15 is 0 Å². The maximum absolute atomic E-state index is 13.7. The fraction of sp³-hybridized carbons (Fsp3) is 0.0526. The molecular weight excluding hydrogens is 312 g/mol. The Hall–Kier alpha value is -3.08. The van der Waals surface area contributed by atoms with Gasteiger partial charge in [0, 0.05) is 24.4 Å². The van der Waals surface area contributed by atoms with E-state index in [4.69, 9.17) is 0 Å². The van der Waals surface area contributed by atoms with Gasteiger partial charge in [0.1, 0.15) is 17.2 Å². The predicted octanol–water partition coefficient (Wildman–Crippen LogP) is 3.88. The monoisotopic (exact) mass is 325 g/mol. The maximum atomic E-state index is 13.7. The van der Waals surface area contributed by atoms with Gasteiger partial charge in [0.25, 0.3) is 5.91 Å². The molecule has 24 heavy (non-hydrogen) atoms. The summed E-state index contributed by atoms with van der Waals surface area (Å²) in [6.45, 7) is 0. The van der Waals surface area contributed by atoms with Crippen molar-refractivity contribution >= 4 is 11.7 Å². The summed E-state index contributed by atoms with van der Waals surface area (Å²) in [7, 11) is 0. The highest BCUT2D eigenvalue weighted by Crippen LogP contribution is 2.15. The molecule has 0 aliphatic carbocycles. The van der Waals surface area contributed by atoms with Crippen LogP contribution in [0.15, 0.2) is 67.0 Å². The number of nitrogens with zero attached hydrogens (tertiary/aromatic N) is 1. The van der Waals surface area contributed by atoms with E-state index in [9.17, 15) is 18.4 Å². The second-order valence-electron chi connectivity index (χ2n) is 5.29. The molecule has 1 aromatic heterocycles. The van der Waals surface area contributed by atoms with E-state index in [1.165, 1.54) is 24.5 Å². The SMILES string of the molecule is O=C(Cc1ccccc1)c1ccn(C(=O)c2c(F)cccc2F)c1. The maximum Gasteiger partial charge on any atom is 0.267 e. The lowest BCUT2D eigenvalue weighted by molar-refractivity contribution is 0.0952. The highest BCUT2D eigenvalue weighted by Gasteiger charge is 2.19. The summed E-state index contributed by atoms with van der Waals surface area (Å²) in [6.07, 6.45) is 2.80. The lowest BCUT2D eigenvalue weighted by Gasteiger charge is -2.04. The second kappa shape index (κ2) is 6.58. The number of ketones is 1. The molecule has 0 saturated carbocycles. The number of aromatic nitrogens is 1. The number of hydrogen-bond donors (Lipinski definition) is 0. The number of benzene rings is 2. The number of Topliss-reactive ketones (excluding diaryl/α,β-unsaturated/α-hetero) is 1. The Bertz CT molecular complexity index is 880. The summed E-state index contributed by atoms with van der Waals surface area (Å²) in [5.41, 5.74) is 0.515. The first-order valence-corrected chi connectivity index (χ1v) is 7.30.